The predicted octanol–water partition coefficient (Wildman–Crippen LogP) is 4.64. The van der Waals surface area contributed by atoms with Gasteiger partial charge in [0, 0.05) is 28.1 Å². The molecule has 108 valence electrons. The van der Waals surface area contributed by atoms with Gasteiger partial charge in [-0.3, -0.25) is 0 Å². The summed E-state index contributed by atoms with van der Waals surface area (Å²) < 4.78 is 5.19. The highest BCUT2D eigenvalue weighted by molar-refractivity contribution is 6.39. The zero-order valence-corrected chi connectivity index (χ0v) is 12.6. The molecule has 2 aromatic heterocycles. The molecule has 4 nitrogen and oxygen atoms in total. The maximum absolute atomic E-state index is 11.8. The lowest BCUT2D eigenvalue weighted by Gasteiger charge is -2.05. The molecule has 2 aromatic carbocycles. The highest BCUT2D eigenvalue weighted by Crippen LogP contribution is 2.34. The van der Waals surface area contributed by atoms with Gasteiger partial charge in [-0.05, 0) is 18.2 Å². The van der Waals surface area contributed by atoms with Gasteiger partial charge >= 0.3 is 5.63 Å². The maximum Gasteiger partial charge on any atom is 0.336 e. The fourth-order valence-corrected chi connectivity index (χ4v) is 3.06. The predicted molar refractivity (Wildman–Crippen MR) is 87.6 cm³/mol. The van der Waals surface area contributed by atoms with Crippen molar-refractivity contribution >= 4 is 45.2 Å². The van der Waals surface area contributed by atoms with Crippen LogP contribution in [0.5, 0.6) is 0 Å². The van der Waals surface area contributed by atoms with Crippen molar-refractivity contribution in [2.24, 2.45) is 0 Å². The van der Waals surface area contributed by atoms with Gasteiger partial charge in [-0.2, -0.15) is 0 Å². The molecular formula is C16H8Cl2N2O2. The first-order valence-electron chi connectivity index (χ1n) is 6.50. The summed E-state index contributed by atoms with van der Waals surface area (Å²) in [5.74, 6) is 0.559. The van der Waals surface area contributed by atoms with E-state index in [0.29, 0.717) is 32.4 Å². The van der Waals surface area contributed by atoms with Crippen LogP contribution in [-0.4, -0.2) is 9.97 Å². The topological polar surface area (TPSA) is 58.9 Å². The minimum atomic E-state index is -0.485. The van der Waals surface area contributed by atoms with Crippen LogP contribution in [0, 0.1) is 0 Å². The van der Waals surface area contributed by atoms with Gasteiger partial charge < -0.3 is 9.40 Å². The van der Waals surface area contributed by atoms with Crippen molar-refractivity contribution in [2.75, 3.05) is 0 Å². The number of fused-ring (bicyclic) bond motifs is 2. The van der Waals surface area contributed by atoms with Crippen LogP contribution in [0.25, 0.3) is 33.4 Å². The number of H-pyrrole nitrogens is 1. The van der Waals surface area contributed by atoms with E-state index in [0.717, 1.165) is 11.0 Å². The monoisotopic (exact) mass is 330 g/mol. The smallest absolute Gasteiger partial charge is 0.336 e. The molecule has 0 spiro atoms. The van der Waals surface area contributed by atoms with E-state index in [1.165, 1.54) is 6.07 Å². The van der Waals surface area contributed by atoms with Crippen molar-refractivity contribution in [3.05, 3.63) is 62.9 Å². The first kappa shape index (κ1) is 13.4. The molecule has 0 atom stereocenters. The Balaban J connectivity index is 2.11. The molecule has 2 heterocycles. The van der Waals surface area contributed by atoms with Crippen molar-refractivity contribution < 1.29 is 4.42 Å². The summed E-state index contributed by atoms with van der Waals surface area (Å²) in [6, 6.07) is 12.2. The minimum absolute atomic E-state index is 0.334. The van der Waals surface area contributed by atoms with Crippen molar-refractivity contribution in [2.45, 2.75) is 0 Å². The summed E-state index contributed by atoms with van der Waals surface area (Å²) in [6.45, 7) is 0. The Morgan fingerprint density at radius 1 is 1.09 bits per heavy atom. The Morgan fingerprint density at radius 2 is 1.91 bits per heavy atom. The van der Waals surface area contributed by atoms with Crippen LogP contribution in [0.4, 0.5) is 0 Å². The maximum atomic E-state index is 11.8. The summed E-state index contributed by atoms with van der Waals surface area (Å²) in [6.07, 6.45) is 0. The Hall–Kier alpha value is -2.30. The van der Waals surface area contributed by atoms with E-state index in [2.05, 4.69) is 9.97 Å². The number of rotatable bonds is 1. The second-order valence-electron chi connectivity index (χ2n) is 4.84. The van der Waals surface area contributed by atoms with Crippen molar-refractivity contribution in [3.8, 4) is 11.4 Å². The standard InChI is InChI=1S/C16H8Cl2N2O2/c17-8-5-10(18)15-9(7-14(21)22-13(15)6-8)16-19-11-3-1-2-4-12(11)20-16/h1-7H,(H,19,20). The molecule has 0 aliphatic rings. The van der Waals surface area contributed by atoms with Gasteiger partial charge in [0.15, 0.2) is 0 Å². The number of para-hydroxylation sites is 2. The van der Waals surface area contributed by atoms with E-state index in [1.807, 2.05) is 24.3 Å². The lowest BCUT2D eigenvalue weighted by molar-refractivity contribution is 0.561. The number of aromatic amines is 1. The number of nitrogens with zero attached hydrogens (tertiary/aromatic N) is 1. The van der Waals surface area contributed by atoms with Crippen LogP contribution in [0.2, 0.25) is 10.0 Å². The van der Waals surface area contributed by atoms with Crippen LogP contribution in [0.1, 0.15) is 0 Å². The number of benzene rings is 2. The molecule has 0 amide bonds. The van der Waals surface area contributed by atoms with Gasteiger partial charge in [0.2, 0.25) is 0 Å². The zero-order chi connectivity index (χ0) is 15.3. The summed E-state index contributed by atoms with van der Waals surface area (Å²) >= 11 is 12.2. The molecule has 6 heteroatoms. The Labute approximate surface area is 134 Å². The normalized spacial score (nSPS) is 11.4. The summed E-state index contributed by atoms with van der Waals surface area (Å²) in [5, 5.41) is 1.41. The molecule has 0 aliphatic heterocycles. The largest absolute Gasteiger partial charge is 0.423 e. The third-order valence-corrected chi connectivity index (χ3v) is 3.92. The summed E-state index contributed by atoms with van der Waals surface area (Å²) in [7, 11) is 0. The van der Waals surface area contributed by atoms with Crippen LogP contribution < -0.4 is 5.63 Å². The minimum Gasteiger partial charge on any atom is -0.423 e. The molecule has 0 saturated carbocycles. The zero-order valence-electron chi connectivity index (χ0n) is 11.1. The van der Waals surface area contributed by atoms with Crippen LogP contribution >= 0.6 is 23.2 Å². The van der Waals surface area contributed by atoms with Crippen LogP contribution in [0.15, 0.2) is 51.7 Å². The molecule has 4 aromatic rings. The Kier molecular flexibility index (Phi) is 2.96. The molecule has 22 heavy (non-hydrogen) atoms. The molecule has 0 saturated heterocycles. The van der Waals surface area contributed by atoms with Crippen LogP contribution in [0.3, 0.4) is 0 Å². The highest BCUT2D eigenvalue weighted by atomic mass is 35.5. The summed E-state index contributed by atoms with van der Waals surface area (Å²) in [5.41, 5.74) is 2.12. The van der Waals surface area contributed by atoms with Gasteiger partial charge in [-0.25, -0.2) is 9.78 Å². The van der Waals surface area contributed by atoms with E-state index in [1.54, 1.807) is 12.1 Å². The molecule has 0 fully saturated rings. The second-order valence-corrected chi connectivity index (χ2v) is 5.69. The fourth-order valence-electron chi connectivity index (χ4n) is 2.49. The number of aromatic nitrogens is 2. The van der Waals surface area contributed by atoms with E-state index in [-0.39, 0.29) is 0 Å². The summed E-state index contributed by atoms with van der Waals surface area (Å²) in [4.78, 5) is 19.5. The van der Waals surface area contributed by atoms with Gasteiger partial charge in [0.25, 0.3) is 0 Å². The van der Waals surface area contributed by atoms with Crippen molar-refractivity contribution in [1.82, 2.24) is 9.97 Å². The van der Waals surface area contributed by atoms with Gasteiger partial charge in [-0.1, -0.05) is 35.3 Å². The second kappa shape index (κ2) is 4.87. The molecule has 0 bridgehead atoms. The van der Waals surface area contributed by atoms with E-state index in [4.69, 9.17) is 27.6 Å². The SMILES string of the molecule is O=c1cc(-c2nc3ccccc3[nH]2)c2c(Cl)cc(Cl)cc2o1. The Morgan fingerprint density at radius 3 is 2.73 bits per heavy atom. The number of imidazole rings is 1. The lowest BCUT2D eigenvalue weighted by atomic mass is 10.1. The van der Waals surface area contributed by atoms with E-state index >= 15 is 0 Å². The van der Waals surface area contributed by atoms with Gasteiger partial charge in [0.1, 0.15) is 11.4 Å². The number of hydrogen-bond acceptors (Lipinski definition) is 3. The fraction of sp³-hybridized carbons (Fsp3) is 0. The third kappa shape index (κ3) is 2.08. The van der Waals surface area contributed by atoms with Crippen LogP contribution in [-0.2, 0) is 0 Å². The first-order chi connectivity index (χ1) is 10.6. The van der Waals surface area contributed by atoms with E-state index in [9.17, 15) is 4.79 Å². The average Bonchev–Trinajstić information content (AvgIpc) is 2.89. The van der Waals surface area contributed by atoms with Crippen molar-refractivity contribution in [3.63, 3.8) is 0 Å². The average molecular weight is 331 g/mol. The Bertz CT molecular complexity index is 1050. The third-order valence-electron chi connectivity index (χ3n) is 3.41. The number of nitrogens with one attached hydrogen (secondary N) is 1. The van der Waals surface area contributed by atoms with Gasteiger partial charge in [0.05, 0.1) is 16.1 Å². The van der Waals surface area contributed by atoms with Gasteiger partial charge in [-0.15, -0.1) is 0 Å². The molecule has 0 aliphatic carbocycles. The molecule has 0 unspecified atom stereocenters. The van der Waals surface area contributed by atoms with E-state index < -0.39 is 5.63 Å². The molecule has 4 rings (SSSR count). The number of hydrogen-bond donors (Lipinski definition) is 1. The molecular weight excluding hydrogens is 323 g/mol. The first-order valence-corrected chi connectivity index (χ1v) is 7.25. The highest BCUT2D eigenvalue weighted by Gasteiger charge is 2.15. The quantitative estimate of drug-likeness (QED) is 0.517. The lowest BCUT2D eigenvalue weighted by Crippen LogP contribution is -1.99. The molecule has 0 radical (unpaired) electrons. The van der Waals surface area contributed by atoms with Crippen molar-refractivity contribution in [1.29, 1.82) is 0 Å². The number of halogens is 2. The molecule has 1 N–H and O–H groups in total.